The van der Waals surface area contributed by atoms with Crippen LogP contribution in [0.3, 0.4) is 0 Å². The fraction of sp³-hybridized carbons (Fsp3) is 0.200. The molecule has 0 radical (unpaired) electrons. The third-order valence-corrected chi connectivity index (χ3v) is 3.09. The number of aromatic nitrogens is 1. The summed E-state index contributed by atoms with van der Waals surface area (Å²) in [6, 6.07) is 12.3. The number of amides is 1. The van der Waals surface area contributed by atoms with Gasteiger partial charge in [-0.2, -0.15) is 0 Å². The molecule has 2 aromatic rings. The van der Waals surface area contributed by atoms with Crippen LogP contribution in [0.5, 0.6) is 0 Å². The average molecular weight is 271 g/mol. The van der Waals surface area contributed by atoms with Crippen LogP contribution in [0.1, 0.15) is 29.0 Å². The molecule has 0 aliphatic carbocycles. The molecule has 1 amide bonds. The lowest BCUT2D eigenvalue weighted by molar-refractivity contribution is 0.102. The van der Waals surface area contributed by atoms with E-state index in [1.54, 1.807) is 12.1 Å². The van der Waals surface area contributed by atoms with Crippen LogP contribution in [0, 0.1) is 0 Å². The maximum Gasteiger partial charge on any atom is 0.272 e. The van der Waals surface area contributed by atoms with Crippen molar-refractivity contribution < 1.29 is 4.79 Å². The van der Waals surface area contributed by atoms with E-state index in [-0.39, 0.29) is 23.2 Å². The Labute approximate surface area is 117 Å². The number of nitrogens with one attached hydrogen (secondary N) is 3. The SMILES string of the molecule is CNC(C)c1cccc(NC(=O)c2cccc(=O)[nH]2)c1. The van der Waals surface area contributed by atoms with Crippen molar-refractivity contribution in [2.45, 2.75) is 13.0 Å². The van der Waals surface area contributed by atoms with E-state index in [9.17, 15) is 9.59 Å². The van der Waals surface area contributed by atoms with Gasteiger partial charge in [-0.1, -0.05) is 18.2 Å². The molecule has 1 atom stereocenters. The first-order valence-electron chi connectivity index (χ1n) is 6.38. The second-order valence-electron chi connectivity index (χ2n) is 4.52. The summed E-state index contributed by atoms with van der Waals surface area (Å²) in [6.07, 6.45) is 0. The van der Waals surface area contributed by atoms with Gasteiger partial charge in [0, 0.05) is 17.8 Å². The van der Waals surface area contributed by atoms with Crippen LogP contribution in [0.25, 0.3) is 0 Å². The van der Waals surface area contributed by atoms with Gasteiger partial charge in [-0.3, -0.25) is 9.59 Å². The highest BCUT2D eigenvalue weighted by atomic mass is 16.2. The molecule has 0 saturated heterocycles. The van der Waals surface area contributed by atoms with Crippen molar-refractivity contribution in [2.75, 3.05) is 12.4 Å². The number of pyridine rings is 1. The van der Waals surface area contributed by atoms with Crippen molar-refractivity contribution in [2.24, 2.45) is 0 Å². The maximum atomic E-state index is 12.0. The molecule has 20 heavy (non-hydrogen) atoms. The molecular weight excluding hydrogens is 254 g/mol. The van der Waals surface area contributed by atoms with Crippen LogP contribution in [0.15, 0.2) is 47.3 Å². The van der Waals surface area contributed by atoms with Crippen molar-refractivity contribution in [1.29, 1.82) is 0 Å². The third-order valence-electron chi connectivity index (χ3n) is 3.09. The molecule has 0 aliphatic rings. The second-order valence-corrected chi connectivity index (χ2v) is 4.52. The Morgan fingerprint density at radius 2 is 1.95 bits per heavy atom. The predicted molar refractivity (Wildman–Crippen MR) is 78.9 cm³/mol. The van der Waals surface area contributed by atoms with Gasteiger partial charge in [0.2, 0.25) is 5.56 Å². The van der Waals surface area contributed by atoms with E-state index >= 15 is 0 Å². The molecular formula is C15H17N3O2. The molecule has 1 unspecified atom stereocenters. The Morgan fingerprint density at radius 3 is 2.65 bits per heavy atom. The van der Waals surface area contributed by atoms with Gasteiger partial charge in [-0.05, 0) is 37.7 Å². The van der Waals surface area contributed by atoms with Gasteiger partial charge in [-0.25, -0.2) is 0 Å². The van der Waals surface area contributed by atoms with Crippen molar-refractivity contribution >= 4 is 11.6 Å². The van der Waals surface area contributed by atoms with E-state index in [1.165, 1.54) is 6.07 Å². The summed E-state index contributed by atoms with van der Waals surface area (Å²) < 4.78 is 0. The minimum atomic E-state index is -0.336. The van der Waals surface area contributed by atoms with Gasteiger partial charge in [0.15, 0.2) is 0 Å². The fourth-order valence-corrected chi connectivity index (χ4v) is 1.83. The van der Waals surface area contributed by atoms with E-state index in [4.69, 9.17) is 0 Å². The zero-order valence-electron chi connectivity index (χ0n) is 11.4. The molecule has 0 aliphatic heterocycles. The lowest BCUT2D eigenvalue weighted by atomic mass is 10.1. The van der Waals surface area contributed by atoms with Gasteiger partial charge >= 0.3 is 0 Å². The highest BCUT2D eigenvalue weighted by Gasteiger charge is 2.08. The van der Waals surface area contributed by atoms with Crippen LogP contribution < -0.4 is 16.2 Å². The molecule has 1 aromatic heterocycles. The number of anilines is 1. The molecule has 0 spiro atoms. The van der Waals surface area contributed by atoms with Gasteiger partial charge < -0.3 is 15.6 Å². The maximum absolute atomic E-state index is 12.0. The molecule has 1 heterocycles. The van der Waals surface area contributed by atoms with Crippen LogP contribution in [0.2, 0.25) is 0 Å². The summed E-state index contributed by atoms with van der Waals surface area (Å²) in [5.74, 6) is -0.336. The van der Waals surface area contributed by atoms with Crippen LogP contribution in [-0.4, -0.2) is 17.9 Å². The first kappa shape index (κ1) is 14.0. The second kappa shape index (κ2) is 6.16. The van der Waals surface area contributed by atoms with Crippen LogP contribution in [-0.2, 0) is 0 Å². The Kier molecular flexibility index (Phi) is 4.32. The number of aromatic amines is 1. The summed E-state index contributed by atoms with van der Waals surface area (Å²) in [7, 11) is 1.88. The Hall–Kier alpha value is -2.40. The zero-order valence-corrected chi connectivity index (χ0v) is 11.4. The Morgan fingerprint density at radius 1 is 1.20 bits per heavy atom. The summed E-state index contributed by atoms with van der Waals surface area (Å²) in [4.78, 5) is 25.7. The first-order valence-corrected chi connectivity index (χ1v) is 6.38. The van der Waals surface area contributed by atoms with E-state index in [0.717, 1.165) is 5.56 Å². The van der Waals surface area contributed by atoms with Crippen molar-refractivity contribution in [3.63, 3.8) is 0 Å². The van der Waals surface area contributed by atoms with Crippen LogP contribution >= 0.6 is 0 Å². The van der Waals surface area contributed by atoms with E-state index < -0.39 is 0 Å². The number of carbonyl (C=O) groups is 1. The summed E-state index contributed by atoms with van der Waals surface area (Å²) in [6.45, 7) is 2.04. The summed E-state index contributed by atoms with van der Waals surface area (Å²) >= 11 is 0. The minimum Gasteiger partial charge on any atom is -0.321 e. The number of H-pyrrole nitrogens is 1. The average Bonchev–Trinajstić information content (AvgIpc) is 2.46. The molecule has 3 N–H and O–H groups in total. The minimum absolute atomic E-state index is 0.198. The molecule has 5 nitrogen and oxygen atoms in total. The first-order chi connectivity index (χ1) is 9.60. The monoisotopic (exact) mass is 271 g/mol. The van der Waals surface area contributed by atoms with Crippen molar-refractivity contribution in [1.82, 2.24) is 10.3 Å². The molecule has 1 aromatic carbocycles. The smallest absolute Gasteiger partial charge is 0.272 e. The number of benzene rings is 1. The Bertz CT molecular complexity index is 664. The molecule has 0 bridgehead atoms. The normalized spacial score (nSPS) is 11.9. The molecule has 104 valence electrons. The number of hydrogen-bond acceptors (Lipinski definition) is 3. The number of hydrogen-bond donors (Lipinski definition) is 3. The molecule has 2 rings (SSSR count). The van der Waals surface area contributed by atoms with E-state index in [2.05, 4.69) is 15.6 Å². The van der Waals surface area contributed by atoms with Gasteiger partial charge in [0.1, 0.15) is 5.69 Å². The summed E-state index contributed by atoms with van der Waals surface area (Å²) in [5.41, 5.74) is 1.71. The lowest BCUT2D eigenvalue weighted by Crippen LogP contribution is -2.18. The Balaban J connectivity index is 2.18. The largest absolute Gasteiger partial charge is 0.321 e. The molecule has 0 saturated carbocycles. The van der Waals surface area contributed by atoms with E-state index in [0.29, 0.717) is 5.69 Å². The van der Waals surface area contributed by atoms with Gasteiger partial charge in [0.25, 0.3) is 5.91 Å². The predicted octanol–water partition coefficient (Wildman–Crippen LogP) is 1.91. The fourth-order valence-electron chi connectivity index (χ4n) is 1.83. The van der Waals surface area contributed by atoms with E-state index in [1.807, 2.05) is 38.2 Å². The topological polar surface area (TPSA) is 74.0 Å². The van der Waals surface area contributed by atoms with Gasteiger partial charge in [-0.15, -0.1) is 0 Å². The van der Waals surface area contributed by atoms with Crippen LogP contribution in [0.4, 0.5) is 5.69 Å². The highest BCUT2D eigenvalue weighted by molar-refractivity contribution is 6.02. The standard InChI is InChI=1S/C15H17N3O2/c1-10(16-2)11-5-3-6-12(9-11)17-15(20)13-7-4-8-14(19)18-13/h3-10,16H,1-2H3,(H,17,20)(H,18,19). The summed E-state index contributed by atoms with van der Waals surface area (Å²) in [5, 5.41) is 5.91. The molecule has 5 heteroatoms. The van der Waals surface area contributed by atoms with Crippen molar-refractivity contribution in [3.05, 3.63) is 64.1 Å². The highest BCUT2D eigenvalue weighted by Crippen LogP contribution is 2.17. The van der Waals surface area contributed by atoms with Gasteiger partial charge in [0.05, 0.1) is 0 Å². The number of rotatable bonds is 4. The number of carbonyl (C=O) groups excluding carboxylic acids is 1. The quantitative estimate of drug-likeness (QED) is 0.795. The zero-order chi connectivity index (χ0) is 14.5. The molecule has 0 fully saturated rings. The van der Waals surface area contributed by atoms with Crippen molar-refractivity contribution in [3.8, 4) is 0 Å². The lowest BCUT2D eigenvalue weighted by Gasteiger charge is -2.12. The third kappa shape index (κ3) is 3.33.